The first-order chi connectivity index (χ1) is 27.4. The van der Waals surface area contributed by atoms with Crippen molar-refractivity contribution in [2.45, 2.75) is 86.5 Å². The summed E-state index contributed by atoms with van der Waals surface area (Å²) in [6, 6.07) is 8.22. The van der Waals surface area contributed by atoms with Crippen LogP contribution in [0.3, 0.4) is 0 Å². The molecule has 2 saturated heterocycles. The van der Waals surface area contributed by atoms with Crippen LogP contribution in [0.25, 0.3) is 0 Å². The number of fused-ring (bicyclic) bond motifs is 2. The molecule has 312 valence electrons. The molecule has 6 aliphatic rings. The first-order valence-corrected chi connectivity index (χ1v) is 18.5. The van der Waals surface area contributed by atoms with Gasteiger partial charge in [0.05, 0.1) is 55.3 Å². The molecule has 0 amide bonds. The van der Waals surface area contributed by atoms with E-state index in [1.165, 1.54) is 6.26 Å². The molecule has 0 spiro atoms. The van der Waals surface area contributed by atoms with Crippen molar-refractivity contribution in [1.29, 1.82) is 0 Å². The molecule has 17 atom stereocenters. The van der Waals surface area contributed by atoms with Crippen molar-refractivity contribution in [3.63, 3.8) is 0 Å². The Kier molecular flexibility index (Phi) is 12.8. The summed E-state index contributed by atoms with van der Waals surface area (Å²) >= 11 is 0. The fourth-order valence-corrected chi connectivity index (χ4v) is 8.07. The molecule has 1 aromatic rings. The van der Waals surface area contributed by atoms with E-state index in [0.29, 0.717) is 11.1 Å². The summed E-state index contributed by atoms with van der Waals surface area (Å²) in [7, 11) is 0. The summed E-state index contributed by atoms with van der Waals surface area (Å²) in [5.41, 5.74) is 1.22. The Morgan fingerprint density at radius 1 is 0.702 bits per heavy atom. The topological polar surface area (TPSA) is 290 Å². The Hall–Kier alpha value is -3.80. The van der Waals surface area contributed by atoms with Crippen LogP contribution < -0.4 is 0 Å². The number of ether oxygens (including phenoxy) is 8. The number of aliphatic hydroxyl groups excluding tert-OH is 9. The summed E-state index contributed by atoms with van der Waals surface area (Å²) in [6.07, 6.45) is -11.8. The minimum absolute atomic E-state index is 0.0763. The van der Waals surface area contributed by atoms with Crippen molar-refractivity contribution in [3.05, 3.63) is 83.4 Å². The minimum atomic E-state index is -1.75. The molecule has 0 unspecified atom stereocenters. The SMILES string of the molecule is O=C(O[C@H]1C=C(COC(=O)c2ccccc2)[C@H]2[C@H](O[C@@H]3O[C@H](CO)[C@@H](O)[C@H](O)[C@H]3O)OC=C[C@@H]21)C1=CO[C@@H](O[C@@H]2O[C@H](CO)[C@@H](O)[C@H](O)[C@H]2O)[C@@H]2C(CO)=CC[C@H]12. The number of hydrogen-bond donors (Lipinski definition) is 9. The molecule has 0 saturated carbocycles. The molecule has 0 aromatic heterocycles. The lowest BCUT2D eigenvalue weighted by Gasteiger charge is -2.43. The van der Waals surface area contributed by atoms with Gasteiger partial charge in [0.15, 0.2) is 12.6 Å². The highest BCUT2D eigenvalue weighted by Crippen LogP contribution is 2.46. The molecule has 19 nitrogen and oxygen atoms in total. The molecule has 1 aromatic carbocycles. The third kappa shape index (κ3) is 8.13. The largest absolute Gasteiger partial charge is 0.472 e. The van der Waals surface area contributed by atoms with Crippen LogP contribution in [0.5, 0.6) is 0 Å². The van der Waals surface area contributed by atoms with Gasteiger partial charge < -0.3 is 83.9 Å². The summed E-state index contributed by atoms with van der Waals surface area (Å²) in [5, 5.41) is 91.8. The molecule has 19 heteroatoms. The lowest BCUT2D eigenvalue weighted by atomic mass is 9.83. The number of allylic oxidation sites excluding steroid dienone is 1. The minimum Gasteiger partial charge on any atom is -0.472 e. The van der Waals surface area contributed by atoms with E-state index in [9.17, 15) is 55.5 Å². The van der Waals surface area contributed by atoms with Gasteiger partial charge in [-0.25, -0.2) is 9.59 Å². The van der Waals surface area contributed by atoms with Gasteiger partial charge >= 0.3 is 11.9 Å². The third-order valence-electron chi connectivity index (χ3n) is 11.2. The van der Waals surface area contributed by atoms with Crippen LogP contribution in [0.15, 0.2) is 77.8 Å². The van der Waals surface area contributed by atoms with E-state index < -0.39 is 136 Å². The molecule has 4 aliphatic heterocycles. The molecular weight excluding hydrogens is 760 g/mol. The van der Waals surface area contributed by atoms with Gasteiger partial charge in [0.2, 0.25) is 12.6 Å². The molecule has 57 heavy (non-hydrogen) atoms. The van der Waals surface area contributed by atoms with Crippen molar-refractivity contribution in [2.75, 3.05) is 26.4 Å². The lowest BCUT2D eigenvalue weighted by Crippen LogP contribution is -2.60. The molecule has 0 bridgehead atoms. The van der Waals surface area contributed by atoms with Crippen molar-refractivity contribution in [1.82, 2.24) is 0 Å². The number of hydrogen-bond acceptors (Lipinski definition) is 19. The normalized spacial score (nSPS) is 41.1. The number of carbonyl (C=O) groups is 2. The predicted octanol–water partition coefficient (Wildman–Crippen LogP) is -2.77. The maximum Gasteiger partial charge on any atom is 0.338 e. The Balaban J connectivity index is 1.10. The smallest absolute Gasteiger partial charge is 0.338 e. The van der Waals surface area contributed by atoms with Crippen LogP contribution in [0.1, 0.15) is 16.8 Å². The van der Waals surface area contributed by atoms with E-state index in [1.807, 2.05) is 0 Å². The molecule has 4 heterocycles. The zero-order valence-corrected chi connectivity index (χ0v) is 30.2. The van der Waals surface area contributed by atoms with Crippen molar-refractivity contribution in [3.8, 4) is 0 Å². The second-order valence-electron chi connectivity index (χ2n) is 14.5. The zero-order chi connectivity index (χ0) is 40.5. The maximum absolute atomic E-state index is 14.0. The van der Waals surface area contributed by atoms with E-state index in [4.69, 9.17) is 37.9 Å². The van der Waals surface area contributed by atoms with Gasteiger partial charge in [-0.1, -0.05) is 24.3 Å². The fraction of sp³-hybridized carbons (Fsp3) is 0.579. The van der Waals surface area contributed by atoms with Crippen LogP contribution in [-0.2, 0) is 42.7 Å². The summed E-state index contributed by atoms with van der Waals surface area (Å²) in [4.78, 5) is 27.0. The van der Waals surface area contributed by atoms with E-state index in [-0.39, 0.29) is 24.2 Å². The van der Waals surface area contributed by atoms with Crippen LogP contribution in [0.4, 0.5) is 0 Å². The van der Waals surface area contributed by atoms with Gasteiger partial charge in [0.1, 0.15) is 61.5 Å². The van der Waals surface area contributed by atoms with E-state index in [0.717, 1.165) is 6.26 Å². The molecule has 0 radical (unpaired) electrons. The summed E-state index contributed by atoms with van der Waals surface area (Å²) in [5.74, 6) is -4.40. The lowest BCUT2D eigenvalue weighted by molar-refractivity contribution is -0.340. The highest BCUT2D eigenvalue weighted by Gasteiger charge is 2.53. The second-order valence-corrected chi connectivity index (χ2v) is 14.5. The van der Waals surface area contributed by atoms with Gasteiger partial charge in [-0.3, -0.25) is 0 Å². The van der Waals surface area contributed by atoms with E-state index in [2.05, 4.69) is 0 Å². The van der Waals surface area contributed by atoms with Gasteiger partial charge in [0, 0.05) is 11.8 Å². The Morgan fingerprint density at radius 2 is 1.32 bits per heavy atom. The van der Waals surface area contributed by atoms with Gasteiger partial charge in [0.25, 0.3) is 0 Å². The molecule has 2 fully saturated rings. The van der Waals surface area contributed by atoms with Gasteiger partial charge in [-0.15, -0.1) is 0 Å². The Morgan fingerprint density at radius 3 is 1.91 bits per heavy atom. The number of carbonyl (C=O) groups excluding carboxylic acids is 2. The predicted molar refractivity (Wildman–Crippen MR) is 185 cm³/mol. The first kappa shape index (κ1) is 41.4. The quantitative estimate of drug-likeness (QED) is 0.0763. The van der Waals surface area contributed by atoms with Crippen LogP contribution in [0, 0.1) is 23.7 Å². The first-order valence-electron chi connectivity index (χ1n) is 18.5. The number of aliphatic hydroxyl groups is 9. The monoisotopic (exact) mass is 806 g/mol. The maximum atomic E-state index is 14.0. The number of benzene rings is 1. The standard InChI is InChI=1S/C38H46O19/c39-11-17-6-7-19-21(15-52-36(25(17)19)57-38-32(47)30(45)28(43)24(13-41)55-38)34(49)53-22-10-18(14-51-33(48)16-4-2-1-3-5-16)26-20(22)8-9-50-35(26)56-37-31(46)29(44)27(42)23(12-40)54-37/h1-6,8-10,15,19-20,22-32,35-47H,7,11-14H2/t19-,20-,22+,23-,24-,25-,26-,27-,28-,29+,30+,31-,32-,35+,36+,37+,38+/m1/s1. The molecular formula is C38H46O19. The average Bonchev–Trinajstić information content (AvgIpc) is 3.82. The Labute approximate surface area is 325 Å². The van der Waals surface area contributed by atoms with Crippen LogP contribution in [0.2, 0.25) is 0 Å². The third-order valence-corrected chi connectivity index (χ3v) is 11.2. The molecule has 7 rings (SSSR count). The molecule has 2 aliphatic carbocycles. The van der Waals surface area contributed by atoms with Crippen LogP contribution in [-0.4, -0.2) is 164 Å². The van der Waals surface area contributed by atoms with E-state index >= 15 is 0 Å². The summed E-state index contributed by atoms with van der Waals surface area (Å²) in [6.45, 7) is -2.11. The zero-order valence-electron chi connectivity index (χ0n) is 30.2. The summed E-state index contributed by atoms with van der Waals surface area (Å²) < 4.78 is 46.2. The van der Waals surface area contributed by atoms with Crippen LogP contribution >= 0.6 is 0 Å². The number of esters is 2. The molecule has 9 N–H and O–H groups in total. The van der Waals surface area contributed by atoms with Crippen molar-refractivity contribution < 1.29 is 93.4 Å². The highest BCUT2D eigenvalue weighted by atomic mass is 16.8. The van der Waals surface area contributed by atoms with Gasteiger partial charge in [-0.05, 0) is 41.9 Å². The average molecular weight is 807 g/mol. The van der Waals surface area contributed by atoms with E-state index in [1.54, 1.807) is 48.6 Å². The van der Waals surface area contributed by atoms with Gasteiger partial charge in [-0.2, -0.15) is 0 Å². The Bertz CT molecular complexity index is 1710. The number of rotatable bonds is 12. The van der Waals surface area contributed by atoms with Crippen molar-refractivity contribution >= 4 is 11.9 Å². The highest BCUT2D eigenvalue weighted by molar-refractivity contribution is 5.90. The van der Waals surface area contributed by atoms with Crippen molar-refractivity contribution in [2.24, 2.45) is 23.7 Å². The fourth-order valence-electron chi connectivity index (χ4n) is 8.07. The second kappa shape index (κ2) is 17.6.